The van der Waals surface area contributed by atoms with Gasteiger partial charge in [0, 0.05) is 7.11 Å². The summed E-state index contributed by atoms with van der Waals surface area (Å²) in [6.45, 7) is 4.33. The standard InChI is InChI=1S/C14H21NO/c1-12-6-3-4-7-13(12)14(16-2)8-5-10-15-11-9-14/h3-4,6-7,15H,5,8-11H2,1-2H3. The number of methoxy groups -OCH3 is 1. The first kappa shape index (κ1) is 11.6. The molecule has 0 aromatic heterocycles. The largest absolute Gasteiger partial charge is 0.373 e. The first-order chi connectivity index (χ1) is 7.78. The van der Waals surface area contributed by atoms with Crippen molar-refractivity contribution >= 4 is 0 Å². The third kappa shape index (κ3) is 2.13. The van der Waals surface area contributed by atoms with E-state index in [2.05, 4.69) is 36.5 Å². The van der Waals surface area contributed by atoms with Gasteiger partial charge in [0.2, 0.25) is 0 Å². The van der Waals surface area contributed by atoms with Crippen LogP contribution in [0.3, 0.4) is 0 Å². The van der Waals surface area contributed by atoms with E-state index in [1.165, 1.54) is 17.5 Å². The lowest BCUT2D eigenvalue weighted by Crippen LogP contribution is -2.30. The Hall–Kier alpha value is -0.860. The minimum atomic E-state index is -0.0746. The van der Waals surface area contributed by atoms with Gasteiger partial charge in [0.15, 0.2) is 0 Å². The summed E-state index contributed by atoms with van der Waals surface area (Å²) in [7, 11) is 1.84. The Morgan fingerprint density at radius 2 is 2.00 bits per heavy atom. The molecule has 1 fully saturated rings. The number of hydrogen-bond acceptors (Lipinski definition) is 2. The second kappa shape index (κ2) is 4.98. The van der Waals surface area contributed by atoms with Gasteiger partial charge >= 0.3 is 0 Å². The maximum Gasteiger partial charge on any atom is 0.0942 e. The van der Waals surface area contributed by atoms with Gasteiger partial charge in [-0.05, 0) is 50.4 Å². The Kier molecular flexibility index (Phi) is 3.62. The fourth-order valence-corrected chi connectivity index (χ4v) is 2.71. The number of benzene rings is 1. The normalized spacial score (nSPS) is 26.4. The average Bonchev–Trinajstić information content (AvgIpc) is 2.56. The van der Waals surface area contributed by atoms with E-state index in [1.54, 1.807) is 0 Å². The fourth-order valence-electron chi connectivity index (χ4n) is 2.71. The van der Waals surface area contributed by atoms with Crippen molar-refractivity contribution in [1.29, 1.82) is 0 Å². The number of rotatable bonds is 2. The van der Waals surface area contributed by atoms with E-state index in [4.69, 9.17) is 4.74 Å². The van der Waals surface area contributed by atoms with Gasteiger partial charge in [-0.3, -0.25) is 0 Å². The molecule has 1 unspecified atom stereocenters. The van der Waals surface area contributed by atoms with Crippen LogP contribution in [0.4, 0.5) is 0 Å². The smallest absolute Gasteiger partial charge is 0.0942 e. The zero-order valence-electron chi connectivity index (χ0n) is 10.3. The molecule has 1 aromatic rings. The van der Waals surface area contributed by atoms with Gasteiger partial charge in [-0.15, -0.1) is 0 Å². The van der Waals surface area contributed by atoms with E-state index in [-0.39, 0.29) is 5.60 Å². The Morgan fingerprint density at radius 1 is 1.19 bits per heavy atom. The van der Waals surface area contributed by atoms with E-state index < -0.39 is 0 Å². The summed E-state index contributed by atoms with van der Waals surface area (Å²) in [6, 6.07) is 8.59. The second-order valence-corrected chi connectivity index (χ2v) is 4.62. The van der Waals surface area contributed by atoms with Crippen LogP contribution in [0.2, 0.25) is 0 Å². The van der Waals surface area contributed by atoms with E-state index in [0.717, 1.165) is 25.9 Å². The van der Waals surface area contributed by atoms with Crippen LogP contribution in [-0.2, 0) is 10.3 Å². The van der Waals surface area contributed by atoms with E-state index >= 15 is 0 Å². The van der Waals surface area contributed by atoms with Gasteiger partial charge in [0.05, 0.1) is 5.60 Å². The molecule has 0 amide bonds. The zero-order chi connectivity index (χ0) is 11.4. The quantitative estimate of drug-likeness (QED) is 0.825. The van der Waals surface area contributed by atoms with Crippen LogP contribution >= 0.6 is 0 Å². The lowest BCUT2D eigenvalue weighted by Gasteiger charge is -2.33. The number of ether oxygens (including phenoxy) is 1. The lowest BCUT2D eigenvalue weighted by molar-refractivity contribution is -0.0256. The molecule has 88 valence electrons. The molecule has 1 N–H and O–H groups in total. The van der Waals surface area contributed by atoms with Crippen molar-refractivity contribution in [2.75, 3.05) is 20.2 Å². The third-order valence-electron chi connectivity index (χ3n) is 3.67. The van der Waals surface area contributed by atoms with Gasteiger partial charge in [-0.1, -0.05) is 24.3 Å². The fraction of sp³-hybridized carbons (Fsp3) is 0.571. The van der Waals surface area contributed by atoms with Crippen molar-refractivity contribution in [2.24, 2.45) is 0 Å². The molecule has 0 spiro atoms. The molecule has 2 rings (SSSR count). The highest BCUT2D eigenvalue weighted by Gasteiger charge is 2.33. The van der Waals surface area contributed by atoms with Gasteiger partial charge in [-0.25, -0.2) is 0 Å². The molecule has 0 aliphatic carbocycles. The molecule has 1 atom stereocenters. The summed E-state index contributed by atoms with van der Waals surface area (Å²) >= 11 is 0. The highest BCUT2D eigenvalue weighted by atomic mass is 16.5. The molecule has 2 nitrogen and oxygen atoms in total. The van der Waals surface area contributed by atoms with Crippen LogP contribution in [0.5, 0.6) is 0 Å². The minimum Gasteiger partial charge on any atom is -0.373 e. The molecule has 16 heavy (non-hydrogen) atoms. The predicted molar refractivity (Wildman–Crippen MR) is 66.6 cm³/mol. The summed E-state index contributed by atoms with van der Waals surface area (Å²) in [5.74, 6) is 0. The van der Waals surface area contributed by atoms with Crippen LogP contribution in [0.1, 0.15) is 30.4 Å². The maximum atomic E-state index is 5.89. The van der Waals surface area contributed by atoms with Crippen LogP contribution in [-0.4, -0.2) is 20.2 Å². The number of nitrogens with one attached hydrogen (secondary N) is 1. The van der Waals surface area contributed by atoms with Gasteiger partial charge in [0.25, 0.3) is 0 Å². The molecule has 1 saturated heterocycles. The average molecular weight is 219 g/mol. The molecule has 0 radical (unpaired) electrons. The van der Waals surface area contributed by atoms with Crippen molar-refractivity contribution < 1.29 is 4.74 Å². The van der Waals surface area contributed by atoms with Crippen molar-refractivity contribution in [2.45, 2.75) is 31.8 Å². The predicted octanol–water partition coefficient (Wildman–Crippen LogP) is 2.61. The van der Waals surface area contributed by atoms with E-state index in [9.17, 15) is 0 Å². The molecule has 1 heterocycles. The molecular weight excluding hydrogens is 198 g/mol. The first-order valence-corrected chi connectivity index (χ1v) is 6.10. The molecule has 0 saturated carbocycles. The maximum absolute atomic E-state index is 5.89. The van der Waals surface area contributed by atoms with Crippen molar-refractivity contribution in [3.05, 3.63) is 35.4 Å². The summed E-state index contributed by atoms with van der Waals surface area (Å²) in [6.07, 6.45) is 3.36. The number of aryl methyl sites for hydroxylation is 1. The molecule has 0 bridgehead atoms. The van der Waals surface area contributed by atoms with Crippen LogP contribution in [0.15, 0.2) is 24.3 Å². The molecule has 1 aliphatic rings. The van der Waals surface area contributed by atoms with E-state index in [0.29, 0.717) is 0 Å². The topological polar surface area (TPSA) is 21.3 Å². The second-order valence-electron chi connectivity index (χ2n) is 4.62. The van der Waals surface area contributed by atoms with Crippen LogP contribution < -0.4 is 5.32 Å². The SMILES string of the molecule is COC1(c2ccccc2C)CCCNCC1. The molecule has 2 heteroatoms. The Morgan fingerprint density at radius 3 is 2.75 bits per heavy atom. The lowest BCUT2D eigenvalue weighted by atomic mass is 9.84. The van der Waals surface area contributed by atoms with Crippen LogP contribution in [0.25, 0.3) is 0 Å². The first-order valence-electron chi connectivity index (χ1n) is 6.10. The monoisotopic (exact) mass is 219 g/mol. The Balaban J connectivity index is 2.36. The van der Waals surface area contributed by atoms with Crippen molar-refractivity contribution in [3.63, 3.8) is 0 Å². The summed E-state index contributed by atoms with van der Waals surface area (Å²) in [5, 5.41) is 3.45. The Labute approximate surface area is 98.0 Å². The third-order valence-corrected chi connectivity index (χ3v) is 3.67. The molecular formula is C14H21NO. The highest BCUT2D eigenvalue weighted by Crippen LogP contribution is 2.36. The molecule has 1 aromatic carbocycles. The minimum absolute atomic E-state index is 0.0746. The van der Waals surface area contributed by atoms with Crippen molar-refractivity contribution in [1.82, 2.24) is 5.32 Å². The zero-order valence-corrected chi connectivity index (χ0v) is 10.3. The van der Waals surface area contributed by atoms with Gasteiger partial charge in [0.1, 0.15) is 0 Å². The Bertz CT molecular complexity index is 340. The van der Waals surface area contributed by atoms with Gasteiger partial charge < -0.3 is 10.1 Å². The molecule has 1 aliphatic heterocycles. The van der Waals surface area contributed by atoms with Crippen LogP contribution in [0, 0.1) is 6.92 Å². The summed E-state index contributed by atoms with van der Waals surface area (Å²) < 4.78 is 5.89. The summed E-state index contributed by atoms with van der Waals surface area (Å²) in [4.78, 5) is 0. The highest BCUT2D eigenvalue weighted by molar-refractivity contribution is 5.31. The summed E-state index contributed by atoms with van der Waals surface area (Å²) in [5.41, 5.74) is 2.63. The van der Waals surface area contributed by atoms with Crippen molar-refractivity contribution in [3.8, 4) is 0 Å². The van der Waals surface area contributed by atoms with Gasteiger partial charge in [-0.2, -0.15) is 0 Å². The number of hydrogen-bond donors (Lipinski definition) is 1. The van der Waals surface area contributed by atoms with E-state index in [1.807, 2.05) is 7.11 Å².